The minimum absolute atomic E-state index is 0.00499. The quantitative estimate of drug-likeness (QED) is 0.868. The number of hydrogen-bond donors (Lipinski definition) is 0. The molecule has 3 heterocycles. The third kappa shape index (κ3) is 3.63. The van der Waals surface area contributed by atoms with Gasteiger partial charge in [0, 0.05) is 11.5 Å². The molecule has 0 radical (unpaired) electrons. The van der Waals surface area contributed by atoms with Crippen LogP contribution in [0.1, 0.15) is 56.9 Å². The van der Waals surface area contributed by atoms with Crippen LogP contribution in [-0.2, 0) is 18.5 Å². The van der Waals surface area contributed by atoms with Crippen molar-refractivity contribution in [1.29, 1.82) is 0 Å². The molecule has 0 spiro atoms. The predicted molar refractivity (Wildman–Crippen MR) is 88.1 cm³/mol. The van der Waals surface area contributed by atoms with Gasteiger partial charge in [-0.15, -0.1) is 0 Å². The van der Waals surface area contributed by atoms with E-state index in [1.807, 2.05) is 24.7 Å². The molecule has 2 aromatic rings. The highest BCUT2D eigenvalue weighted by Crippen LogP contribution is 2.25. The van der Waals surface area contributed by atoms with E-state index >= 15 is 0 Å². The summed E-state index contributed by atoms with van der Waals surface area (Å²) in [6, 6.07) is 0.472. The largest absolute Gasteiger partial charge is 0.444 e. The van der Waals surface area contributed by atoms with Crippen molar-refractivity contribution in [3.05, 3.63) is 29.5 Å². The smallest absolute Gasteiger partial charge is 0.208 e. The first-order valence-electron chi connectivity index (χ1n) is 8.40. The zero-order valence-corrected chi connectivity index (χ0v) is 14.8. The van der Waals surface area contributed by atoms with Crippen molar-refractivity contribution in [2.75, 3.05) is 6.54 Å². The number of nitrogens with zero attached hydrogens (tertiary/aromatic N) is 5. The molecule has 1 unspecified atom stereocenters. The van der Waals surface area contributed by atoms with Crippen LogP contribution in [0.5, 0.6) is 0 Å². The molecular weight excluding hydrogens is 290 g/mol. The molecule has 126 valence electrons. The van der Waals surface area contributed by atoms with Crippen LogP contribution in [0, 0.1) is 13.8 Å². The molecule has 0 aliphatic carbocycles. The number of rotatable bonds is 4. The van der Waals surface area contributed by atoms with Gasteiger partial charge < -0.3 is 4.42 Å². The number of likely N-dealkylation sites (tertiary alicyclic amines) is 1. The number of oxazole rings is 1. The van der Waals surface area contributed by atoms with Crippen molar-refractivity contribution in [2.24, 2.45) is 0 Å². The molecule has 1 atom stereocenters. The fraction of sp³-hybridized carbons (Fsp3) is 0.706. The molecule has 23 heavy (non-hydrogen) atoms. The lowest BCUT2D eigenvalue weighted by molar-refractivity contribution is 0.195. The van der Waals surface area contributed by atoms with Crippen molar-refractivity contribution in [1.82, 2.24) is 24.6 Å². The molecule has 0 amide bonds. The van der Waals surface area contributed by atoms with E-state index < -0.39 is 0 Å². The highest BCUT2D eigenvalue weighted by molar-refractivity contribution is 5.06. The minimum atomic E-state index is 0.00499. The molecule has 0 saturated carbocycles. The van der Waals surface area contributed by atoms with Crippen molar-refractivity contribution in [2.45, 2.75) is 72.0 Å². The van der Waals surface area contributed by atoms with Gasteiger partial charge in [0.2, 0.25) is 5.89 Å². The molecule has 6 heteroatoms. The van der Waals surface area contributed by atoms with Crippen LogP contribution in [0.2, 0.25) is 0 Å². The van der Waals surface area contributed by atoms with Gasteiger partial charge in [0.25, 0.3) is 0 Å². The lowest BCUT2D eigenvalue weighted by Crippen LogP contribution is -2.33. The molecule has 3 rings (SSSR count). The fourth-order valence-electron chi connectivity index (χ4n) is 3.15. The third-order valence-corrected chi connectivity index (χ3v) is 4.48. The normalized spacial score (nSPS) is 19.6. The van der Waals surface area contributed by atoms with Gasteiger partial charge in [0.15, 0.2) is 0 Å². The standard InChI is InChI=1S/C17H27N5O/c1-12-19-13(2)22(20-12)10-14-7-6-8-21(14)11-16-18-9-15(23-16)17(3,4)5/h9,14H,6-8,10-11H2,1-5H3. The van der Waals surface area contributed by atoms with Crippen LogP contribution in [0.3, 0.4) is 0 Å². The van der Waals surface area contributed by atoms with Gasteiger partial charge >= 0.3 is 0 Å². The summed E-state index contributed by atoms with van der Waals surface area (Å²) in [5.41, 5.74) is 0.00499. The van der Waals surface area contributed by atoms with Crippen molar-refractivity contribution in [3.8, 4) is 0 Å². The first-order chi connectivity index (χ1) is 10.8. The van der Waals surface area contributed by atoms with E-state index in [1.54, 1.807) is 0 Å². The number of hydrogen-bond acceptors (Lipinski definition) is 5. The summed E-state index contributed by atoms with van der Waals surface area (Å²) in [6.07, 6.45) is 4.26. The Kier molecular flexibility index (Phi) is 4.27. The first-order valence-corrected chi connectivity index (χ1v) is 8.40. The van der Waals surface area contributed by atoms with Crippen LogP contribution < -0.4 is 0 Å². The average Bonchev–Trinajstić information content (AvgIpc) is 3.13. The van der Waals surface area contributed by atoms with Gasteiger partial charge in [0.05, 0.1) is 19.3 Å². The van der Waals surface area contributed by atoms with Crippen molar-refractivity contribution in [3.63, 3.8) is 0 Å². The second-order valence-electron chi connectivity index (χ2n) is 7.52. The second kappa shape index (κ2) is 6.07. The maximum absolute atomic E-state index is 5.95. The molecule has 0 N–H and O–H groups in total. The summed E-state index contributed by atoms with van der Waals surface area (Å²) in [5.74, 6) is 3.59. The van der Waals surface area contributed by atoms with Gasteiger partial charge in [-0.2, -0.15) is 5.10 Å². The van der Waals surface area contributed by atoms with Gasteiger partial charge in [-0.3, -0.25) is 4.90 Å². The fourth-order valence-corrected chi connectivity index (χ4v) is 3.15. The van der Waals surface area contributed by atoms with E-state index in [0.717, 1.165) is 42.9 Å². The van der Waals surface area contributed by atoms with Crippen LogP contribution >= 0.6 is 0 Å². The Bertz CT molecular complexity index is 667. The topological polar surface area (TPSA) is 60.0 Å². The Balaban J connectivity index is 1.67. The summed E-state index contributed by atoms with van der Waals surface area (Å²) in [7, 11) is 0. The molecule has 0 bridgehead atoms. The minimum Gasteiger partial charge on any atom is -0.444 e. The van der Waals surface area contributed by atoms with Crippen LogP contribution in [-0.4, -0.2) is 37.2 Å². The van der Waals surface area contributed by atoms with Gasteiger partial charge in [0.1, 0.15) is 17.4 Å². The first kappa shape index (κ1) is 16.2. The Morgan fingerprint density at radius 1 is 1.30 bits per heavy atom. The Hall–Kier alpha value is -1.69. The summed E-state index contributed by atoms with van der Waals surface area (Å²) in [6.45, 7) is 13.1. The lowest BCUT2D eigenvalue weighted by Gasteiger charge is -2.23. The molecule has 0 aromatic carbocycles. The van der Waals surface area contributed by atoms with E-state index in [9.17, 15) is 0 Å². The van der Waals surface area contributed by atoms with Gasteiger partial charge in [-0.25, -0.2) is 14.6 Å². The third-order valence-electron chi connectivity index (χ3n) is 4.48. The molecule has 1 aliphatic heterocycles. The summed E-state index contributed by atoms with van der Waals surface area (Å²) in [5, 5.41) is 4.49. The molecule has 6 nitrogen and oxygen atoms in total. The summed E-state index contributed by atoms with van der Waals surface area (Å²) >= 11 is 0. The summed E-state index contributed by atoms with van der Waals surface area (Å²) < 4.78 is 7.97. The Labute approximate surface area is 137 Å². The zero-order chi connectivity index (χ0) is 16.6. The van der Waals surface area contributed by atoms with Crippen LogP contribution in [0.15, 0.2) is 10.6 Å². The highest BCUT2D eigenvalue weighted by Gasteiger charge is 2.28. The van der Waals surface area contributed by atoms with Crippen molar-refractivity contribution < 1.29 is 4.42 Å². The highest BCUT2D eigenvalue weighted by atomic mass is 16.4. The molecule has 1 fully saturated rings. The Morgan fingerprint density at radius 3 is 2.70 bits per heavy atom. The predicted octanol–water partition coefficient (Wildman–Crippen LogP) is 2.85. The molecule has 1 aliphatic rings. The monoisotopic (exact) mass is 317 g/mol. The number of aryl methyl sites for hydroxylation is 2. The molecule has 1 saturated heterocycles. The lowest BCUT2D eigenvalue weighted by atomic mass is 9.94. The average molecular weight is 317 g/mol. The van der Waals surface area contributed by atoms with E-state index in [4.69, 9.17) is 4.42 Å². The van der Waals surface area contributed by atoms with Gasteiger partial charge in [-0.05, 0) is 33.2 Å². The second-order valence-corrected chi connectivity index (χ2v) is 7.52. The van der Waals surface area contributed by atoms with Crippen LogP contribution in [0.4, 0.5) is 0 Å². The van der Waals surface area contributed by atoms with Gasteiger partial charge in [-0.1, -0.05) is 20.8 Å². The number of aromatic nitrogens is 4. The molecule has 2 aromatic heterocycles. The van der Waals surface area contributed by atoms with Crippen LogP contribution in [0.25, 0.3) is 0 Å². The van der Waals surface area contributed by atoms with Crippen molar-refractivity contribution >= 4 is 0 Å². The maximum Gasteiger partial charge on any atom is 0.208 e. The van der Waals surface area contributed by atoms with E-state index in [1.165, 1.54) is 12.8 Å². The van der Waals surface area contributed by atoms with E-state index in [0.29, 0.717) is 6.04 Å². The van der Waals surface area contributed by atoms with E-state index in [-0.39, 0.29) is 5.41 Å². The zero-order valence-electron chi connectivity index (χ0n) is 14.8. The maximum atomic E-state index is 5.95. The Morgan fingerprint density at radius 2 is 2.09 bits per heavy atom. The van der Waals surface area contributed by atoms with E-state index in [2.05, 4.69) is 40.7 Å². The SMILES string of the molecule is Cc1nc(C)n(CC2CCCN2Cc2ncc(C(C)(C)C)o2)n1. The molecular formula is C17H27N5O. The summed E-state index contributed by atoms with van der Waals surface area (Å²) in [4.78, 5) is 11.3.